The quantitative estimate of drug-likeness (QED) is 0.798. The average Bonchev–Trinajstić information content (AvgIpc) is 2.73. The van der Waals surface area contributed by atoms with Crippen molar-refractivity contribution in [1.82, 2.24) is 15.1 Å². The highest BCUT2D eigenvalue weighted by atomic mass is 16.5. The molecule has 1 N–H and O–H groups in total. The van der Waals surface area contributed by atoms with Gasteiger partial charge in [0.05, 0.1) is 19.4 Å². The number of imide groups is 1. The molecule has 0 aromatic heterocycles. The topological polar surface area (TPSA) is 61.9 Å². The van der Waals surface area contributed by atoms with Gasteiger partial charge in [-0.05, 0) is 19.3 Å². The van der Waals surface area contributed by atoms with Crippen LogP contribution in [0.4, 0.5) is 4.79 Å². The summed E-state index contributed by atoms with van der Waals surface area (Å²) in [7, 11) is 0. The molecule has 0 radical (unpaired) electrons. The molecule has 1 aliphatic carbocycles. The van der Waals surface area contributed by atoms with Crippen LogP contribution in [0.5, 0.6) is 0 Å². The fraction of sp³-hybridized carbons (Fsp3) is 0.867. The van der Waals surface area contributed by atoms with Gasteiger partial charge in [-0.25, -0.2) is 9.69 Å². The number of nitrogens with zero attached hydrogens (tertiary/aromatic N) is 2. The number of carbonyl (C=O) groups is 2. The molecule has 6 heteroatoms. The summed E-state index contributed by atoms with van der Waals surface area (Å²) < 4.78 is 5.64. The number of urea groups is 1. The van der Waals surface area contributed by atoms with Gasteiger partial charge in [-0.1, -0.05) is 26.2 Å². The van der Waals surface area contributed by atoms with Gasteiger partial charge in [0.2, 0.25) is 0 Å². The molecule has 1 saturated carbocycles. The van der Waals surface area contributed by atoms with E-state index in [2.05, 4.69) is 17.1 Å². The Bertz CT molecular complexity index is 420. The second-order valence-corrected chi connectivity index (χ2v) is 6.43. The molecule has 118 valence electrons. The Morgan fingerprint density at radius 1 is 1.29 bits per heavy atom. The van der Waals surface area contributed by atoms with Crippen molar-refractivity contribution in [3.8, 4) is 0 Å². The van der Waals surface area contributed by atoms with E-state index in [1.54, 1.807) is 0 Å². The number of hydrogen-bond acceptors (Lipinski definition) is 4. The maximum atomic E-state index is 12.7. The lowest BCUT2D eigenvalue weighted by molar-refractivity contribution is -0.135. The molecule has 3 aliphatic rings. The summed E-state index contributed by atoms with van der Waals surface area (Å²) in [6, 6.07) is -0.221. The van der Waals surface area contributed by atoms with Crippen LogP contribution in [0.1, 0.15) is 45.4 Å². The number of amides is 3. The maximum absolute atomic E-state index is 12.7. The van der Waals surface area contributed by atoms with Crippen molar-refractivity contribution in [2.45, 2.75) is 57.1 Å². The Morgan fingerprint density at radius 2 is 2.05 bits per heavy atom. The summed E-state index contributed by atoms with van der Waals surface area (Å²) in [6.07, 6.45) is 5.95. The van der Waals surface area contributed by atoms with Crippen LogP contribution in [0.25, 0.3) is 0 Å². The molecule has 21 heavy (non-hydrogen) atoms. The molecule has 0 aromatic rings. The third-order valence-electron chi connectivity index (χ3n) is 4.97. The van der Waals surface area contributed by atoms with Crippen molar-refractivity contribution < 1.29 is 14.3 Å². The summed E-state index contributed by atoms with van der Waals surface area (Å²) in [5.41, 5.74) is -0.605. The first-order valence-electron chi connectivity index (χ1n) is 8.13. The van der Waals surface area contributed by atoms with Gasteiger partial charge in [-0.15, -0.1) is 0 Å². The van der Waals surface area contributed by atoms with Gasteiger partial charge in [0.1, 0.15) is 5.54 Å². The van der Waals surface area contributed by atoms with Crippen LogP contribution in [0.15, 0.2) is 0 Å². The Hall–Kier alpha value is -1.14. The fourth-order valence-corrected chi connectivity index (χ4v) is 3.65. The predicted octanol–water partition coefficient (Wildman–Crippen LogP) is 1.31. The van der Waals surface area contributed by atoms with Crippen LogP contribution in [-0.4, -0.2) is 59.7 Å². The Balaban J connectivity index is 1.65. The summed E-state index contributed by atoms with van der Waals surface area (Å²) >= 11 is 0. The van der Waals surface area contributed by atoms with E-state index in [4.69, 9.17) is 4.74 Å². The third-order valence-corrected chi connectivity index (χ3v) is 4.97. The van der Waals surface area contributed by atoms with E-state index < -0.39 is 5.54 Å². The summed E-state index contributed by atoms with van der Waals surface area (Å²) in [5, 5.41) is 2.96. The molecule has 0 aromatic carbocycles. The minimum absolute atomic E-state index is 0.0215. The number of rotatable bonds is 3. The van der Waals surface area contributed by atoms with Crippen molar-refractivity contribution >= 4 is 11.9 Å². The molecular formula is C15H25N3O3. The first kappa shape index (κ1) is 14.8. The number of morpholine rings is 1. The van der Waals surface area contributed by atoms with Crippen molar-refractivity contribution in [1.29, 1.82) is 0 Å². The van der Waals surface area contributed by atoms with Gasteiger partial charge in [0.15, 0.2) is 0 Å². The van der Waals surface area contributed by atoms with E-state index in [9.17, 15) is 9.59 Å². The van der Waals surface area contributed by atoms with E-state index >= 15 is 0 Å². The molecular weight excluding hydrogens is 270 g/mol. The molecule has 0 bridgehead atoms. The second kappa shape index (κ2) is 5.93. The van der Waals surface area contributed by atoms with Gasteiger partial charge >= 0.3 is 6.03 Å². The van der Waals surface area contributed by atoms with Crippen molar-refractivity contribution in [2.75, 3.05) is 26.4 Å². The van der Waals surface area contributed by atoms with E-state index in [1.807, 2.05) is 0 Å². The minimum atomic E-state index is -0.605. The zero-order valence-corrected chi connectivity index (χ0v) is 12.8. The molecule has 1 atom stereocenters. The molecule has 0 unspecified atom stereocenters. The lowest BCUT2D eigenvalue weighted by Gasteiger charge is -2.35. The Morgan fingerprint density at radius 3 is 2.76 bits per heavy atom. The average molecular weight is 295 g/mol. The third kappa shape index (κ3) is 2.79. The zero-order valence-electron chi connectivity index (χ0n) is 12.8. The molecule has 2 aliphatic heterocycles. The van der Waals surface area contributed by atoms with Gasteiger partial charge < -0.3 is 10.1 Å². The molecule has 6 nitrogen and oxygen atoms in total. The van der Waals surface area contributed by atoms with Gasteiger partial charge in [-0.2, -0.15) is 0 Å². The highest BCUT2D eigenvalue weighted by molar-refractivity contribution is 6.07. The van der Waals surface area contributed by atoms with Crippen molar-refractivity contribution in [2.24, 2.45) is 0 Å². The van der Waals surface area contributed by atoms with Crippen molar-refractivity contribution in [3.05, 3.63) is 0 Å². The lowest BCUT2D eigenvalue weighted by Crippen LogP contribution is -2.51. The van der Waals surface area contributed by atoms with Crippen LogP contribution in [0.2, 0.25) is 0 Å². The second-order valence-electron chi connectivity index (χ2n) is 6.43. The van der Waals surface area contributed by atoms with Gasteiger partial charge in [0, 0.05) is 13.1 Å². The minimum Gasteiger partial charge on any atom is -0.376 e. The molecule has 2 saturated heterocycles. The smallest absolute Gasteiger partial charge is 0.326 e. The summed E-state index contributed by atoms with van der Waals surface area (Å²) in [4.78, 5) is 28.5. The van der Waals surface area contributed by atoms with E-state index in [-0.39, 0.29) is 18.0 Å². The van der Waals surface area contributed by atoms with E-state index in [1.165, 1.54) is 4.90 Å². The monoisotopic (exact) mass is 295 g/mol. The van der Waals surface area contributed by atoms with Crippen LogP contribution < -0.4 is 5.32 Å². The molecule has 3 fully saturated rings. The first-order valence-corrected chi connectivity index (χ1v) is 8.13. The fourth-order valence-electron chi connectivity index (χ4n) is 3.65. The number of hydrogen-bond donors (Lipinski definition) is 1. The largest absolute Gasteiger partial charge is 0.376 e. The summed E-state index contributed by atoms with van der Waals surface area (Å²) in [5.74, 6) is -0.0215. The predicted molar refractivity (Wildman–Crippen MR) is 77.7 cm³/mol. The standard InChI is InChI=1S/C15H25N3O3/c1-2-12-10-17(8-9-21-12)11-18-13(19)15(16-14(18)20)6-4-3-5-7-15/h12H,2-11H2,1H3,(H,16,20)/t12-/m0/s1. The molecule has 2 heterocycles. The normalized spacial score (nSPS) is 30.0. The maximum Gasteiger partial charge on any atom is 0.326 e. The number of ether oxygens (including phenoxy) is 1. The van der Waals surface area contributed by atoms with Gasteiger partial charge in [-0.3, -0.25) is 9.69 Å². The van der Waals surface area contributed by atoms with E-state index in [0.29, 0.717) is 13.3 Å². The Labute approximate surface area is 125 Å². The van der Waals surface area contributed by atoms with Crippen LogP contribution >= 0.6 is 0 Å². The highest BCUT2D eigenvalue weighted by Crippen LogP contribution is 2.33. The number of nitrogens with one attached hydrogen (secondary N) is 1. The first-order chi connectivity index (χ1) is 10.1. The van der Waals surface area contributed by atoms with Crippen LogP contribution in [0, 0.1) is 0 Å². The summed E-state index contributed by atoms with van der Waals surface area (Å²) in [6.45, 7) is 4.74. The molecule has 3 amide bonds. The van der Waals surface area contributed by atoms with Crippen LogP contribution in [-0.2, 0) is 9.53 Å². The zero-order chi connectivity index (χ0) is 14.9. The molecule has 1 spiro atoms. The SMILES string of the molecule is CC[C@H]1CN(CN2C(=O)NC3(CCCCC3)C2=O)CCO1. The van der Waals surface area contributed by atoms with Crippen molar-refractivity contribution in [3.63, 3.8) is 0 Å². The lowest BCUT2D eigenvalue weighted by atomic mass is 9.82. The number of carbonyl (C=O) groups excluding carboxylic acids is 2. The Kier molecular flexibility index (Phi) is 4.17. The molecule has 3 rings (SSSR count). The van der Waals surface area contributed by atoms with Gasteiger partial charge in [0.25, 0.3) is 5.91 Å². The highest BCUT2D eigenvalue weighted by Gasteiger charge is 2.51. The van der Waals surface area contributed by atoms with E-state index in [0.717, 1.165) is 51.6 Å². The van der Waals surface area contributed by atoms with Crippen LogP contribution in [0.3, 0.4) is 0 Å².